The number of halogens is 2. The van der Waals surface area contributed by atoms with Gasteiger partial charge in [-0.1, -0.05) is 47.5 Å². The standard InChI is InChI=1S/C18H16Cl2N2O3/c19-12-5-1-10(2-6-12)15(11-3-7-13(20)8-4-11)22-9-14(23)16(22)17(24)18(21)25/h1-8,15-17,24H,9H2,(H2,21,25). The first-order chi connectivity index (χ1) is 11.9. The van der Waals surface area contributed by atoms with Gasteiger partial charge in [0.05, 0.1) is 12.6 Å². The Labute approximate surface area is 154 Å². The second-order valence-electron chi connectivity index (χ2n) is 5.94. The molecular weight excluding hydrogens is 363 g/mol. The van der Waals surface area contributed by atoms with Crippen molar-refractivity contribution >= 4 is 34.9 Å². The summed E-state index contributed by atoms with van der Waals surface area (Å²) in [4.78, 5) is 25.1. The van der Waals surface area contributed by atoms with Gasteiger partial charge in [0.1, 0.15) is 6.04 Å². The lowest BCUT2D eigenvalue weighted by molar-refractivity contribution is -0.152. The minimum Gasteiger partial charge on any atom is -0.381 e. The maximum absolute atomic E-state index is 12.0. The van der Waals surface area contributed by atoms with Crippen molar-refractivity contribution in [2.75, 3.05) is 6.54 Å². The first-order valence-corrected chi connectivity index (χ1v) is 8.41. The van der Waals surface area contributed by atoms with Crippen LogP contribution in [-0.2, 0) is 9.59 Å². The molecule has 0 aromatic heterocycles. The van der Waals surface area contributed by atoms with Crippen LogP contribution in [0, 0.1) is 0 Å². The predicted molar refractivity (Wildman–Crippen MR) is 95.4 cm³/mol. The molecule has 25 heavy (non-hydrogen) atoms. The number of hydrogen-bond acceptors (Lipinski definition) is 4. The molecule has 1 aliphatic heterocycles. The maximum Gasteiger partial charge on any atom is 0.248 e. The number of nitrogens with zero attached hydrogens (tertiary/aromatic N) is 1. The Balaban J connectivity index is 2.02. The first-order valence-electron chi connectivity index (χ1n) is 7.65. The molecule has 0 spiro atoms. The first kappa shape index (κ1) is 17.9. The van der Waals surface area contributed by atoms with Crippen molar-refractivity contribution in [1.82, 2.24) is 4.90 Å². The smallest absolute Gasteiger partial charge is 0.248 e. The second-order valence-corrected chi connectivity index (χ2v) is 6.81. The summed E-state index contributed by atoms with van der Waals surface area (Å²) in [5, 5.41) is 11.2. The molecule has 7 heteroatoms. The van der Waals surface area contributed by atoms with Crippen LogP contribution in [0.25, 0.3) is 0 Å². The third kappa shape index (κ3) is 3.55. The summed E-state index contributed by atoms with van der Waals surface area (Å²) in [6.07, 6.45) is -1.55. The van der Waals surface area contributed by atoms with Crippen LogP contribution in [0.3, 0.4) is 0 Å². The molecule has 1 heterocycles. The van der Waals surface area contributed by atoms with Gasteiger partial charge in [0.25, 0.3) is 0 Å². The summed E-state index contributed by atoms with van der Waals surface area (Å²) in [6, 6.07) is 13.1. The molecule has 2 aromatic carbocycles. The zero-order valence-electron chi connectivity index (χ0n) is 13.1. The lowest BCUT2D eigenvalue weighted by Gasteiger charge is -2.46. The summed E-state index contributed by atoms with van der Waals surface area (Å²) in [7, 11) is 0. The Hall–Kier alpha value is -1.92. The molecule has 0 saturated carbocycles. The number of primary amides is 1. The molecule has 1 fully saturated rings. The number of nitrogens with two attached hydrogens (primary N) is 1. The third-order valence-corrected chi connectivity index (χ3v) is 4.82. The highest BCUT2D eigenvalue weighted by Crippen LogP contribution is 2.36. The van der Waals surface area contributed by atoms with Gasteiger partial charge in [0, 0.05) is 10.0 Å². The Kier molecular flexibility index (Phi) is 5.11. The van der Waals surface area contributed by atoms with E-state index in [0.29, 0.717) is 10.0 Å². The van der Waals surface area contributed by atoms with Crippen LogP contribution in [-0.4, -0.2) is 40.4 Å². The number of amides is 1. The number of carbonyl (C=O) groups is 2. The van der Waals surface area contributed by atoms with Crippen molar-refractivity contribution < 1.29 is 14.7 Å². The second kappa shape index (κ2) is 7.14. The van der Waals surface area contributed by atoms with Crippen LogP contribution in [0.15, 0.2) is 48.5 Å². The van der Waals surface area contributed by atoms with E-state index < -0.39 is 18.1 Å². The SMILES string of the molecule is NC(=O)C(O)C1C(=O)CN1C(c1ccc(Cl)cc1)c1ccc(Cl)cc1. The van der Waals surface area contributed by atoms with E-state index >= 15 is 0 Å². The van der Waals surface area contributed by atoms with Crippen LogP contribution in [0.1, 0.15) is 17.2 Å². The Morgan fingerprint density at radius 2 is 1.48 bits per heavy atom. The molecule has 2 aromatic rings. The van der Waals surface area contributed by atoms with Gasteiger partial charge in [-0.15, -0.1) is 0 Å². The molecule has 3 rings (SSSR count). The van der Waals surface area contributed by atoms with Crippen LogP contribution in [0.5, 0.6) is 0 Å². The van der Waals surface area contributed by atoms with E-state index in [-0.39, 0.29) is 18.4 Å². The summed E-state index contributed by atoms with van der Waals surface area (Å²) < 4.78 is 0. The number of likely N-dealkylation sites (tertiary alicyclic amines) is 1. The van der Waals surface area contributed by atoms with E-state index in [4.69, 9.17) is 28.9 Å². The van der Waals surface area contributed by atoms with Crippen molar-refractivity contribution in [1.29, 1.82) is 0 Å². The number of ketones is 1. The number of Topliss-reactive ketones (excluding diaryl/α,β-unsaturated/α-hetero) is 1. The molecule has 130 valence electrons. The van der Waals surface area contributed by atoms with Crippen molar-refractivity contribution in [3.63, 3.8) is 0 Å². The van der Waals surface area contributed by atoms with Crippen molar-refractivity contribution in [3.05, 3.63) is 69.7 Å². The Morgan fingerprint density at radius 3 is 1.84 bits per heavy atom. The Bertz CT molecular complexity index is 747. The van der Waals surface area contributed by atoms with E-state index in [1.165, 1.54) is 0 Å². The topological polar surface area (TPSA) is 83.6 Å². The van der Waals surface area contributed by atoms with Crippen molar-refractivity contribution in [2.24, 2.45) is 5.73 Å². The van der Waals surface area contributed by atoms with E-state index in [2.05, 4.69) is 0 Å². The summed E-state index contributed by atoms with van der Waals surface area (Å²) in [6.45, 7) is 0.116. The number of hydrogen-bond donors (Lipinski definition) is 2. The molecule has 0 bridgehead atoms. The maximum atomic E-state index is 12.0. The molecule has 1 amide bonds. The van der Waals surface area contributed by atoms with Crippen LogP contribution < -0.4 is 5.73 Å². The number of aliphatic hydroxyl groups is 1. The highest BCUT2D eigenvalue weighted by molar-refractivity contribution is 6.30. The molecule has 2 unspecified atom stereocenters. The van der Waals surface area contributed by atoms with Gasteiger partial charge in [0.2, 0.25) is 5.91 Å². The highest BCUT2D eigenvalue weighted by Gasteiger charge is 2.48. The molecule has 1 saturated heterocycles. The molecule has 1 aliphatic rings. The minimum absolute atomic E-state index is 0.116. The van der Waals surface area contributed by atoms with Gasteiger partial charge < -0.3 is 10.8 Å². The fourth-order valence-corrected chi connectivity index (χ4v) is 3.33. The van der Waals surface area contributed by atoms with E-state index in [1.807, 2.05) is 24.3 Å². The quantitative estimate of drug-likeness (QED) is 0.834. The molecule has 5 nitrogen and oxygen atoms in total. The van der Waals surface area contributed by atoms with Crippen LogP contribution in [0.4, 0.5) is 0 Å². The van der Waals surface area contributed by atoms with Gasteiger partial charge in [0.15, 0.2) is 11.9 Å². The summed E-state index contributed by atoms with van der Waals surface area (Å²) >= 11 is 11.9. The van der Waals surface area contributed by atoms with Gasteiger partial charge in [-0.2, -0.15) is 0 Å². The third-order valence-electron chi connectivity index (χ3n) is 4.32. The molecular formula is C18H16Cl2N2O3. The largest absolute Gasteiger partial charge is 0.381 e. The predicted octanol–water partition coefficient (Wildman–Crippen LogP) is 2.18. The fourth-order valence-electron chi connectivity index (χ4n) is 3.07. The number of benzene rings is 2. The van der Waals surface area contributed by atoms with Crippen LogP contribution >= 0.6 is 23.2 Å². The lowest BCUT2D eigenvalue weighted by atomic mass is 9.87. The number of rotatable bonds is 5. The van der Waals surface area contributed by atoms with Gasteiger partial charge in [-0.3, -0.25) is 14.5 Å². The summed E-state index contributed by atoms with van der Waals surface area (Å²) in [5.74, 6) is -1.15. The minimum atomic E-state index is -1.55. The average Bonchev–Trinajstić information content (AvgIpc) is 2.57. The molecule has 0 radical (unpaired) electrons. The number of carbonyl (C=O) groups excluding carboxylic acids is 2. The lowest BCUT2D eigenvalue weighted by Crippen LogP contribution is -2.65. The zero-order valence-corrected chi connectivity index (χ0v) is 14.6. The normalized spacial score (nSPS) is 18.9. The van der Waals surface area contributed by atoms with Gasteiger partial charge in [-0.05, 0) is 35.4 Å². The Morgan fingerprint density at radius 1 is 1.04 bits per heavy atom. The zero-order chi connectivity index (χ0) is 18.1. The van der Waals surface area contributed by atoms with E-state index in [0.717, 1.165) is 11.1 Å². The van der Waals surface area contributed by atoms with E-state index in [9.17, 15) is 14.7 Å². The molecule has 3 N–H and O–H groups in total. The monoisotopic (exact) mass is 378 g/mol. The fraction of sp³-hybridized carbons (Fsp3) is 0.222. The van der Waals surface area contributed by atoms with Crippen molar-refractivity contribution in [3.8, 4) is 0 Å². The molecule has 2 atom stereocenters. The van der Waals surface area contributed by atoms with E-state index in [1.54, 1.807) is 29.2 Å². The van der Waals surface area contributed by atoms with Gasteiger partial charge in [-0.25, -0.2) is 0 Å². The molecule has 0 aliphatic carbocycles. The highest BCUT2D eigenvalue weighted by atomic mass is 35.5. The van der Waals surface area contributed by atoms with Crippen molar-refractivity contribution in [2.45, 2.75) is 18.2 Å². The average molecular weight is 379 g/mol. The van der Waals surface area contributed by atoms with Gasteiger partial charge >= 0.3 is 0 Å². The van der Waals surface area contributed by atoms with Crippen LogP contribution in [0.2, 0.25) is 10.0 Å². The number of aliphatic hydroxyl groups excluding tert-OH is 1. The summed E-state index contributed by atoms with van der Waals surface area (Å²) in [5.41, 5.74) is 6.94.